The summed E-state index contributed by atoms with van der Waals surface area (Å²) in [5.41, 5.74) is 8.04. The highest BCUT2D eigenvalue weighted by molar-refractivity contribution is 14.0. The molecule has 0 saturated carbocycles. The molecule has 0 aliphatic rings. The lowest BCUT2D eigenvalue weighted by atomic mass is 10.1. The molecule has 122 valence electrons. The third-order valence-electron chi connectivity index (χ3n) is 3.17. The van der Waals surface area contributed by atoms with Crippen LogP contribution in [-0.2, 0) is 6.54 Å². The first-order valence-corrected chi connectivity index (χ1v) is 7.37. The second-order valence-corrected chi connectivity index (χ2v) is 6.29. The molecular formula is C16H26IN5. The lowest BCUT2D eigenvalue weighted by Gasteiger charge is -2.21. The second-order valence-electron chi connectivity index (χ2n) is 6.29. The molecule has 0 atom stereocenters. The molecule has 1 aromatic heterocycles. The standard InChI is InChI=1S/C16H25N5.HI/c1-12-19-13-8-5-6-9-14(13)21(12)11-7-10-18-15(17)20-16(2,3)4;/h5-6,8-9H,7,10-11H2,1-4H3,(H3,17,18,20);1H. The molecule has 0 fully saturated rings. The molecule has 5 nitrogen and oxygen atoms in total. The average Bonchev–Trinajstić information content (AvgIpc) is 2.68. The van der Waals surface area contributed by atoms with Gasteiger partial charge in [0, 0.05) is 18.6 Å². The number of nitrogens with one attached hydrogen (secondary N) is 1. The molecule has 22 heavy (non-hydrogen) atoms. The molecule has 1 aromatic carbocycles. The van der Waals surface area contributed by atoms with Gasteiger partial charge in [0.2, 0.25) is 0 Å². The van der Waals surface area contributed by atoms with Gasteiger partial charge in [0.05, 0.1) is 11.0 Å². The van der Waals surface area contributed by atoms with Crippen LogP contribution in [0.3, 0.4) is 0 Å². The van der Waals surface area contributed by atoms with Crippen molar-refractivity contribution in [1.29, 1.82) is 0 Å². The number of imidazole rings is 1. The lowest BCUT2D eigenvalue weighted by molar-refractivity contribution is 0.507. The summed E-state index contributed by atoms with van der Waals surface area (Å²) in [4.78, 5) is 8.93. The van der Waals surface area contributed by atoms with Crippen molar-refractivity contribution < 1.29 is 0 Å². The zero-order valence-corrected chi connectivity index (χ0v) is 16.1. The highest BCUT2D eigenvalue weighted by atomic mass is 127. The summed E-state index contributed by atoms with van der Waals surface area (Å²) in [6.45, 7) is 9.85. The normalized spacial score (nSPS) is 12.3. The van der Waals surface area contributed by atoms with Crippen LogP contribution in [0, 0.1) is 6.92 Å². The minimum atomic E-state index is -0.0509. The van der Waals surface area contributed by atoms with Crippen molar-refractivity contribution in [3.05, 3.63) is 30.1 Å². The van der Waals surface area contributed by atoms with Gasteiger partial charge in [-0.3, -0.25) is 4.99 Å². The maximum atomic E-state index is 5.86. The molecule has 0 unspecified atom stereocenters. The number of aryl methyl sites for hydroxylation is 2. The van der Waals surface area contributed by atoms with Crippen LogP contribution >= 0.6 is 24.0 Å². The fraction of sp³-hybridized carbons (Fsp3) is 0.500. The van der Waals surface area contributed by atoms with E-state index in [1.54, 1.807) is 0 Å². The van der Waals surface area contributed by atoms with E-state index >= 15 is 0 Å². The van der Waals surface area contributed by atoms with E-state index in [-0.39, 0.29) is 29.5 Å². The van der Waals surface area contributed by atoms with E-state index in [4.69, 9.17) is 5.73 Å². The molecule has 2 aromatic rings. The van der Waals surface area contributed by atoms with Crippen LogP contribution in [0.2, 0.25) is 0 Å². The van der Waals surface area contributed by atoms with Crippen LogP contribution in [0.25, 0.3) is 11.0 Å². The van der Waals surface area contributed by atoms with Crippen molar-refractivity contribution in [2.75, 3.05) is 6.54 Å². The van der Waals surface area contributed by atoms with Crippen molar-refractivity contribution in [3.8, 4) is 0 Å². The quantitative estimate of drug-likeness (QED) is 0.349. The predicted octanol–water partition coefficient (Wildman–Crippen LogP) is 3.06. The SMILES string of the molecule is Cc1nc2ccccc2n1CCCN=C(N)NC(C)(C)C.I. The number of hydrogen-bond donors (Lipinski definition) is 2. The number of para-hydroxylation sites is 2. The van der Waals surface area contributed by atoms with Gasteiger partial charge >= 0.3 is 0 Å². The van der Waals surface area contributed by atoms with E-state index in [1.165, 1.54) is 5.52 Å². The largest absolute Gasteiger partial charge is 0.370 e. The molecule has 1 heterocycles. The van der Waals surface area contributed by atoms with Gasteiger partial charge in [0.15, 0.2) is 5.96 Å². The first kappa shape index (κ1) is 18.7. The Balaban J connectivity index is 0.00000242. The number of benzene rings is 1. The first-order valence-electron chi connectivity index (χ1n) is 7.37. The summed E-state index contributed by atoms with van der Waals surface area (Å²) in [5.74, 6) is 1.55. The van der Waals surface area contributed by atoms with Gasteiger partial charge in [-0.2, -0.15) is 0 Å². The van der Waals surface area contributed by atoms with Crippen molar-refractivity contribution in [3.63, 3.8) is 0 Å². The van der Waals surface area contributed by atoms with Crippen LogP contribution in [0.5, 0.6) is 0 Å². The molecule has 3 N–H and O–H groups in total. The molecule has 0 radical (unpaired) electrons. The van der Waals surface area contributed by atoms with E-state index in [0.29, 0.717) is 12.5 Å². The monoisotopic (exact) mass is 415 g/mol. The first-order chi connectivity index (χ1) is 9.87. The predicted molar refractivity (Wildman–Crippen MR) is 104 cm³/mol. The molecule has 0 bridgehead atoms. The molecule has 2 rings (SSSR count). The smallest absolute Gasteiger partial charge is 0.188 e. The molecule has 0 saturated heterocycles. The Morgan fingerprint density at radius 1 is 1.32 bits per heavy atom. The molecule has 6 heteroatoms. The summed E-state index contributed by atoms with van der Waals surface area (Å²) < 4.78 is 2.23. The maximum Gasteiger partial charge on any atom is 0.188 e. The van der Waals surface area contributed by atoms with E-state index in [9.17, 15) is 0 Å². The summed E-state index contributed by atoms with van der Waals surface area (Å²) in [5, 5.41) is 3.16. The molecule has 0 aliphatic carbocycles. The highest BCUT2D eigenvalue weighted by Gasteiger charge is 2.09. The molecule has 0 spiro atoms. The molecule has 0 amide bonds. The number of aromatic nitrogens is 2. The lowest BCUT2D eigenvalue weighted by Crippen LogP contribution is -2.45. The molecular weight excluding hydrogens is 389 g/mol. The number of guanidine groups is 1. The van der Waals surface area contributed by atoms with E-state index in [0.717, 1.165) is 24.3 Å². The van der Waals surface area contributed by atoms with Gasteiger partial charge in [0.25, 0.3) is 0 Å². The Hall–Kier alpha value is -1.31. The third kappa shape index (κ3) is 5.15. The topological polar surface area (TPSA) is 68.2 Å². The fourth-order valence-corrected chi connectivity index (χ4v) is 2.33. The number of aliphatic imine (C=N–C) groups is 1. The summed E-state index contributed by atoms with van der Waals surface area (Å²) in [6, 6.07) is 8.21. The van der Waals surface area contributed by atoms with Gasteiger partial charge in [-0.15, -0.1) is 24.0 Å². The van der Waals surface area contributed by atoms with Gasteiger partial charge < -0.3 is 15.6 Å². The average molecular weight is 415 g/mol. The van der Waals surface area contributed by atoms with Crippen molar-refractivity contribution in [2.45, 2.75) is 46.2 Å². The third-order valence-corrected chi connectivity index (χ3v) is 3.17. The number of rotatable bonds is 4. The summed E-state index contributed by atoms with van der Waals surface area (Å²) in [7, 11) is 0. The number of fused-ring (bicyclic) bond motifs is 1. The van der Waals surface area contributed by atoms with E-state index < -0.39 is 0 Å². The Kier molecular flexibility index (Phi) is 6.65. The number of nitrogens with zero attached hydrogens (tertiary/aromatic N) is 3. The van der Waals surface area contributed by atoms with Crippen LogP contribution in [-0.4, -0.2) is 27.6 Å². The van der Waals surface area contributed by atoms with Crippen LogP contribution in [0.1, 0.15) is 33.0 Å². The number of halogens is 1. The van der Waals surface area contributed by atoms with Gasteiger partial charge in [-0.05, 0) is 46.2 Å². The van der Waals surface area contributed by atoms with Crippen LogP contribution < -0.4 is 11.1 Å². The van der Waals surface area contributed by atoms with E-state index in [2.05, 4.69) is 46.7 Å². The van der Waals surface area contributed by atoms with Gasteiger partial charge in [-0.1, -0.05) is 12.1 Å². The zero-order valence-electron chi connectivity index (χ0n) is 13.8. The Morgan fingerprint density at radius 2 is 2.00 bits per heavy atom. The molecule has 0 aliphatic heterocycles. The van der Waals surface area contributed by atoms with Gasteiger partial charge in [-0.25, -0.2) is 4.98 Å². The van der Waals surface area contributed by atoms with E-state index in [1.807, 2.05) is 25.1 Å². The number of hydrogen-bond acceptors (Lipinski definition) is 2. The Labute approximate surface area is 149 Å². The highest BCUT2D eigenvalue weighted by Crippen LogP contribution is 2.15. The van der Waals surface area contributed by atoms with Gasteiger partial charge in [0.1, 0.15) is 5.82 Å². The zero-order chi connectivity index (χ0) is 15.5. The Bertz CT molecular complexity index is 640. The summed E-state index contributed by atoms with van der Waals surface area (Å²) in [6.07, 6.45) is 0.938. The van der Waals surface area contributed by atoms with Crippen molar-refractivity contribution in [2.24, 2.45) is 10.7 Å². The summed E-state index contributed by atoms with van der Waals surface area (Å²) >= 11 is 0. The second kappa shape index (κ2) is 7.80. The van der Waals surface area contributed by atoms with Crippen LogP contribution in [0.4, 0.5) is 0 Å². The minimum Gasteiger partial charge on any atom is -0.370 e. The Morgan fingerprint density at radius 3 is 2.68 bits per heavy atom. The minimum absolute atomic E-state index is 0. The van der Waals surface area contributed by atoms with Crippen molar-refractivity contribution in [1.82, 2.24) is 14.9 Å². The maximum absolute atomic E-state index is 5.86. The van der Waals surface area contributed by atoms with Crippen molar-refractivity contribution >= 4 is 41.0 Å². The fourth-order valence-electron chi connectivity index (χ4n) is 2.33. The van der Waals surface area contributed by atoms with Crippen LogP contribution in [0.15, 0.2) is 29.3 Å². The number of nitrogens with two attached hydrogens (primary N) is 1.